The zero-order valence-corrected chi connectivity index (χ0v) is 21.4. The number of rotatable bonds is 9. The first-order valence-electron chi connectivity index (χ1n) is 10.9. The van der Waals surface area contributed by atoms with Gasteiger partial charge in [0.25, 0.3) is 11.8 Å². The number of likely N-dealkylation sites (tertiary alicyclic amines) is 1. The maximum atomic E-state index is 13.1. The average Bonchev–Trinajstić information content (AvgIpc) is 3.45. The van der Waals surface area contributed by atoms with E-state index in [-0.39, 0.29) is 20.9 Å². The molecule has 0 saturated carbocycles. The van der Waals surface area contributed by atoms with E-state index < -0.39 is 47.0 Å². The summed E-state index contributed by atoms with van der Waals surface area (Å²) >= 11 is 8.34. The Bertz CT molecular complexity index is 1170. The Morgan fingerprint density at radius 2 is 2.03 bits per heavy atom. The number of nitrogens with zero attached hydrogens (tertiary/aromatic N) is 4. The summed E-state index contributed by atoms with van der Waals surface area (Å²) in [7, 11) is 0. The maximum absolute atomic E-state index is 13.1. The molecule has 0 aromatic carbocycles. The third-order valence-electron chi connectivity index (χ3n) is 5.84. The van der Waals surface area contributed by atoms with Crippen molar-refractivity contribution < 1.29 is 34.2 Å². The Balaban J connectivity index is 1.54. The van der Waals surface area contributed by atoms with Gasteiger partial charge in [0.2, 0.25) is 6.10 Å². The molecule has 194 valence electrons. The molecule has 3 aliphatic rings. The number of thiazole rings is 1. The van der Waals surface area contributed by atoms with Crippen molar-refractivity contribution in [2.24, 2.45) is 5.16 Å². The molecule has 16 heteroatoms. The second kappa shape index (κ2) is 10.6. The number of nitrogens with one attached hydrogen (secondary N) is 1. The van der Waals surface area contributed by atoms with Crippen molar-refractivity contribution in [3.8, 4) is 0 Å². The van der Waals surface area contributed by atoms with Gasteiger partial charge in [0.1, 0.15) is 27.1 Å². The van der Waals surface area contributed by atoms with Crippen LogP contribution in [0.5, 0.6) is 0 Å². The van der Waals surface area contributed by atoms with E-state index in [1.165, 1.54) is 23.6 Å². The van der Waals surface area contributed by atoms with Gasteiger partial charge in [-0.15, -0.1) is 11.8 Å². The van der Waals surface area contributed by atoms with Crippen LogP contribution in [0.3, 0.4) is 0 Å². The number of carbonyl (C=O) groups is 4. The van der Waals surface area contributed by atoms with Crippen LogP contribution in [0.25, 0.3) is 0 Å². The van der Waals surface area contributed by atoms with E-state index in [2.05, 4.69) is 20.4 Å². The number of halogens is 1. The fourth-order valence-electron chi connectivity index (χ4n) is 4.06. The lowest BCUT2D eigenvalue weighted by Crippen LogP contribution is -2.71. The molecule has 0 spiro atoms. The van der Waals surface area contributed by atoms with Gasteiger partial charge in [-0.3, -0.25) is 19.4 Å². The van der Waals surface area contributed by atoms with Crippen LogP contribution < -0.4 is 11.1 Å². The summed E-state index contributed by atoms with van der Waals surface area (Å²) in [6.45, 7) is 3.45. The normalized spacial score (nSPS) is 23.2. The van der Waals surface area contributed by atoms with Gasteiger partial charge in [0.05, 0.1) is 0 Å². The van der Waals surface area contributed by atoms with Crippen LogP contribution in [-0.4, -0.2) is 97.4 Å². The molecule has 1 aromatic rings. The molecule has 13 nitrogen and oxygen atoms in total. The van der Waals surface area contributed by atoms with Gasteiger partial charge in [-0.05, 0) is 38.4 Å². The number of aliphatic carboxylic acids is 2. The van der Waals surface area contributed by atoms with Crippen LogP contribution in [0.1, 0.15) is 25.5 Å². The SMILES string of the molecule is C[C@H](O/N=C(\C(=O)N[C@@H]1C(=O)N2C(C(=O)O)=C(CN3CCCC3)CS[C@H]12)c1nc(N)sc1Cl)C(=O)O. The highest BCUT2D eigenvalue weighted by molar-refractivity contribution is 8.00. The lowest BCUT2D eigenvalue weighted by Gasteiger charge is -2.49. The highest BCUT2D eigenvalue weighted by atomic mass is 35.5. The van der Waals surface area contributed by atoms with Crippen LogP contribution >= 0.6 is 34.7 Å². The minimum atomic E-state index is -1.38. The Kier molecular flexibility index (Phi) is 7.73. The van der Waals surface area contributed by atoms with Gasteiger partial charge in [0, 0.05) is 12.3 Å². The summed E-state index contributed by atoms with van der Waals surface area (Å²) in [4.78, 5) is 61.4. The van der Waals surface area contributed by atoms with E-state index in [9.17, 15) is 24.3 Å². The zero-order chi connectivity index (χ0) is 26.1. The number of carbonyl (C=O) groups excluding carboxylic acids is 2. The molecule has 2 amide bonds. The molecule has 5 N–H and O–H groups in total. The van der Waals surface area contributed by atoms with Crippen LogP contribution in [0, 0.1) is 0 Å². The fraction of sp³-hybridized carbons (Fsp3) is 0.500. The molecular weight excluding hydrogens is 536 g/mol. The third kappa shape index (κ3) is 5.14. The molecule has 1 aromatic heterocycles. The first-order valence-corrected chi connectivity index (χ1v) is 13.1. The number of anilines is 1. The standard InChI is InChI=1S/C20H23ClN6O7S2/c1-8(18(30)31)34-25-11(10-14(21)36-20(22)24-10)15(28)23-12-16(29)27-13(19(32)33)9(7-35-17(12)27)6-26-4-2-3-5-26/h8,12,17H,2-7H2,1H3,(H2,22,24)(H,23,28)(H,30,31)(H,32,33)/b25-11-/t8-,12+,17+/m0/s1. The molecule has 2 fully saturated rings. The highest BCUT2D eigenvalue weighted by Gasteiger charge is 2.54. The number of thioether (sulfide) groups is 1. The number of hydrogen-bond donors (Lipinski definition) is 4. The minimum Gasteiger partial charge on any atom is -0.478 e. The highest BCUT2D eigenvalue weighted by Crippen LogP contribution is 2.40. The van der Waals surface area contributed by atoms with Crippen molar-refractivity contribution in [2.45, 2.75) is 37.3 Å². The van der Waals surface area contributed by atoms with E-state index in [0.29, 0.717) is 17.9 Å². The van der Waals surface area contributed by atoms with Crippen LogP contribution in [0.15, 0.2) is 16.4 Å². The molecule has 2 saturated heterocycles. The van der Waals surface area contributed by atoms with Gasteiger partial charge < -0.3 is 26.1 Å². The predicted octanol–water partition coefficient (Wildman–Crippen LogP) is 0.407. The van der Waals surface area contributed by atoms with Crippen molar-refractivity contribution in [3.05, 3.63) is 21.3 Å². The van der Waals surface area contributed by atoms with E-state index >= 15 is 0 Å². The quantitative estimate of drug-likeness (QED) is 0.187. The van der Waals surface area contributed by atoms with Gasteiger partial charge >= 0.3 is 11.9 Å². The maximum Gasteiger partial charge on any atom is 0.352 e. The number of β-lactam (4-membered cyclic amide) rings is 1. The molecular formula is C20H23ClN6O7S2. The second-order valence-electron chi connectivity index (χ2n) is 8.30. The van der Waals surface area contributed by atoms with E-state index in [0.717, 1.165) is 37.3 Å². The van der Waals surface area contributed by atoms with Crippen LogP contribution in [0.2, 0.25) is 4.34 Å². The number of carboxylic acids is 2. The number of fused-ring (bicyclic) bond motifs is 1. The lowest BCUT2D eigenvalue weighted by molar-refractivity contribution is -0.150. The van der Waals surface area contributed by atoms with Gasteiger partial charge in [-0.1, -0.05) is 28.1 Å². The molecule has 0 unspecified atom stereocenters. The predicted molar refractivity (Wildman–Crippen MR) is 132 cm³/mol. The molecule has 0 bridgehead atoms. The summed E-state index contributed by atoms with van der Waals surface area (Å²) in [6, 6.07) is -1.04. The largest absolute Gasteiger partial charge is 0.478 e. The Hall–Kier alpha value is -2.88. The van der Waals surface area contributed by atoms with Gasteiger partial charge in [0.15, 0.2) is 10.8 Å². The molecule has 0 aliphatic carbocycles. The van der Waals surface area contributed by atoms with Gasteiger partial charge in [-0.2, -0.15) is 0 Å². The summed E-state index contributed by atoms with van der Waals surface area (Å²) in [5, 5.41) is 24.4. The topological polar surface area (TPSA) is 188 Å². The number of hydrogen-bond acceptors (Lipinski definition) is 11. The zero-order valence-electron chi connectivity index (χ0n) is 19.0. The van der Waals surface area contributed by atoms with Crippen molar-refractivity contribution in [3.63, 3.8) is 0 Å². The summed E-state index contributed by atoms with van der Waals surface area (Å²) in [5.74, 6) is -3.60. The van der Waals surface area contributed by atoms with E-state index in [4.69, 9.17) is 27.3 Å². The summed E-state index contributed by atoms with van der Waals surface area (Å²) in [5.41, 5.74) is 5.67. The molecule has 3 aliphatic heterocycles. The van der Waals surface area contributed by atoms with Gasteiger partial charge in [-0.25, -0.2) is 14.6 Å². The number of nitrogen functional groups attached to an aromatic ring is 1. The molecule has 3 atom stereocenters. The first kappa shape index (κ1) is 26.2. The average molecular weight is 559 g/mol. The van der Waals surface area contributed by atoms with Crippen molar-refractivity contribution >= 4 is 69.3 Å². The Labute approximate surface area is 218 Å². The fourth-order valence-corrected chi connectivity index (χ4v) is 6.32. The van der Waals surface area contributed by atoms with Crippen molar-refractivity contribution in [1.82, 2.24) is 20.1 Å². The monoisotopic (exact) mass is 558 g/mol. The second-order valence-corrected chi connectivity index (χ2v) is 11.0. The van der Waals surface area contributed by atoms with Crippen LogP contribution in [-0.2, 0) is 24.0 Å². The summed E-state index contributed by atoms with van der Waals surface area (Å²) in [6.07, 6.45) is 0.723. The molecule has 36 heavy (non-hydrogen) atoms. The van der Waals surface area contributed by atoms with E-state index in [1.807, 2.05) is 0 Å². The number of oxime groups is 1. The number of aromatic nitrogens is 1. The molecule has 4 heterocycles. The number of amides is 2. The lowest BCUT2D eigenvalue weighted by atomic mass is 10.0. The molecule has 0 radical (unpaired) electrons. The minimum absolute atomic E-state index is 0.0178. The number of nitrogens with two attached hydrogens (primary N) is 1. The Morgan fingerprint density at radius 1 is 1.33 bits per heavy atom. The number of carboxylic acid groups (broad SMARTS) is 2. The van der Waals surface area contributed by atoms with Crippen molar-refractivity contribution in [1.29, 1.82) is 0 Å². The van der Waals surface area contributed by atoms with E-state index in [1.54, 1.807) is 0 Å². The molecule has 4 rings (SSSR count). The smallest absolute Gasteiger partial charge is 0.352 e. The Morgan fingerprint density at radius 3 is 2.61 bits per heavy atom. The first-order chi connectivity index (χ1) is 17.1. The van der Waals surface area contributed by atoms with Crippen LogP contribution in [0.4, 0.5) is 5.13 Å². The summed E-state index contributed by atoms with van der Waals surface area (Å²) < 4.78 is 0.0178. The van der Waals surface area contributed by atoms with Crippen molar-refractivity contribution in [2.75, 3.05) is 31.1 Å². The third-order valence-corrected chi connectivity index (χ3v) is 8.26.